The molecule has 0 spiro atoms. The first-order chi connectivity index (χ1) is 11.0. The van der Waals surface area contributed by atoms with Gasteiger partial charge in [-0.15, -0.1) is 0 Å². The average molecular weight is 312 g/mol. The lowest BCUT2D eigenvalue weighted by molar-refractivity contribution is 0.0818. The van der Waals surface area contributed by atoms with Crippen LogP contribution in [0.1, 0.15) is 17.3 Å². The highest BCUT2D eigenvalue weighted by Crippen LogP contribution is 2.18. The lowest BCUT2D eigenvalue weighted by Crippen LogP contribution is -2.27. The number of amides is 2. The predicted octanol–water partition coefficient (Wildman–Crippen LogP) is 3.43. The van der Waals surface area contributed by atoms with Crippen molar-refractivity contribution >= 4 is 17.5 Å². The minimum Gasteiger partial charge on any atom is -0.483 e. The number of rotatable bonds is 5. The Morgan fingerprint density at radius 2 is 1.61 bits per heavy atom. The van der Waals surface area contributed by atoms with Gasteiger partial charge in [0.05, 0.1) is 0 Å². The quantitative estimate of drug-likeness (QED) is 0.861. The van der Waals surface area contributed by atoms with Gasteiger partial charge in [-0.2, -0.15) is 0 Å². The molecule has 0 bridgehead atoms. The van der Waals surface area contributed by atoms with Gasteiger partial charge in [0.2, 0.25) is 5.78 Å². The van der Waals surface area contributed by atoms with Crippen molar-refractivity contribution in [3.63, 3.8) is 0 Å². The molecule has 5 nitrogen and oxygen atoms in total. The van der Waals surface area contributed by atoms with Gasteiger partial charge in [-0.1, -0.05) is 30.3 Å². The molecule has 0 saturated heterocycles. The number of anilines is 1. The Morgan fingerprint density at radius 3 is 2.17 bits per heavy atom. The van der Waals surface area contributed by atoms with E-state index >= 15 is 0 Å². The minimum absolute atomic E-state index is 0.0735. The zero-order chi connectivity index (χ0) is 16.8. The second-order valence-electron chi connectivity index (χ2n) is 5.34. The molecule has 0 aliphatic carbocycles. The van der Waals surface area contributed by atoms with Gasteiger partial charge in [-0.05, 0) is 31.2 Å². The summed E-state index contributed by atoms with van der Waals surface area (Å²) in [6.07, 6.45) is -0.584. The van der Waals surface area contributed by atoms with Gasteiger partial charge in [0.25, 0.3) is 0 Å². The normalized spacial score (nSPS) is 11.4. The third-order valence-corrected chi connectivity index (χ3v) is 3.25. The van der Waals surface area contributed by atoms with Crippen LogP contribution in [0, 0.1) is 0 Å². The van der Waals surface area contributed by atoms with Crippen molar-refractivity contribution in [1.29, 1.82) is 0 Å². The maximum atomic E-state index is 12.2. The third-order valence-electron chi connectivity index (χ3n) is 3.25. The molecule has 23 heavy (non-hydrogen) atoms. The van der Waals surface area contributed by atoms with Crippen molar-refractivity contribution < 1.29 is 14.3 Å². The molecule has 0 radical (unpaired) electrons. The first-order valence-corrected chi connectivity index (χ1v) is 7.31. The van der Waals surface area contributed by atoms with E-state index in [0.29, 0.717) is 17.0 Å². The van der Waals surface area contributed by atoms with Crippen molar-refractivity contribution in [3.8, 4) is 5.75 Å². The summed E-state index contributed by atoms with van der Waals surface area (Å²) in [6.45, 7) is 1.72. The van der Waals surface area contributed by atoms with Gasteiger partial charge >= 0.3 is 6.03 Å². The molecule has 2 aromatic carbocycles. The lowest BCUT2D eigenvalue weighted by atomic mass is 10.1. The lowest BCUT2D eigenvalue weighted by Gasteiger charge is -2.15. The summed E-state index contributed by atoms with van der Waals surface area (Å²) in [5.41, 5.74) is 1.29. The zero-order valence-electron chi connectivity index (χ0n) is 13.4. The molecule has 0 aromatic heterocycles. The van der Waals surface area contributed by atoms with Gasteiger partial charge in [0, 0.05) is 25.3 Å². The summed E-state index contributed by atoms with van der Waals surface area (Å²) in [7, 11) is 3.34. The van der Waals surface area contributed by atoms with E-state index in [9.17, 15) is 9.59 Å². The van der Waals surface area contributed by atoms with E-state index in [1.54, 1.807) is 57.4 Å². The fourth-order valence-corrected chi connectivity index (χ4v) is 1.95. The van der Waals surface area contributed by atoms with E-state index in [0.717, 1.165) is 0 Å². The van der Waals surface area contributed by atoms with Gasteiger partial charge in [0.15, 0.2) is 6.10 Å². The van der Waals surface area contributed by atoms with Gasteiger partial charge in [0.1, 0.15) is 5.75 Å². The van der Waals surface area contributed by atoms with E-state index in [-0.39, 0.29) is 11.8 Å². The smallest absolute Gasteiger partial charge is 0.321 e. The molecule has 0 heterocycles. The highest BCUT2D eigenvalue weighted by molar-refractivity contribution is 5.99. The van der Waals surface area contributed by atoms with Crippen LogP contribution in [0.15, 0.2) is 54.6 Å². The summed E-state index contributed by atoms with van der Waals surface area (Å²) >= 11 is 0. The molecular formula is C18H20N2O3. The summed E-state index contributed by atoms with van der Waals surface area (Å²) < 4.78 is 5.67. The zero-order valence-corrected chi connectivity index (χ0v) is 13.4. The van der Waals surface area contributed by atoms with Gasteiger partial charge in [-0.25, -0.2) is 4.79 Å². The van der Waals surface area contributed by atoms with Crippen LogP contribution in [0.3, 0.4) is 0 Å². The van der Waals surface area contributed by atoms with Gasteiger partial charge in [-0.3, -0.25) is 4.79 Å². The van der Waals surface area contributed by atoms with E-state index in [4.69, 9.17) is 4.74 Å². The van der Waals surface area contributed by atoms with Crippen LogP contribution in [0.4, 0.5) is 10.5 Å². The van der Waals surface area contributed by atoms with Crippen LogP contribution in [0.2, 0.25) is 0 Å². The number of nitrogens with one attached hydrogen (secondary N) is 1. The first-order valence-electron chi connectivity index (χ1n) is 7.31. The number of ketones is 1. The summed E-state index contributed by atoms with van der Waals surface area (Å²) in [4.78, 5) is 25.3. The van der Waals surface area contributed by atoms with E-state index in [1.807, 2.05) is 18.2 Å². The Balaban J connectivity index is 1.98. The molecule has 2 amide bonds. The second-order valence-corrected chi connectivity index (χ2v) is 5.34. The first kappa shape index (κ1) is 16.5. The highest BCUT2D eigenvalue weighted by atomic mass is 16.5. The Morgan fingerprint density at radius 1 is 1.00 bits per heavy atom. The molecule has 1 N–H and O–H groups in total. The van der Waals surface area contributed by atoms with Crippen LogP contribution < -0.4 is 10.1 Å². The molecule has 2 rings (SSSR count). The van der Waals surface area contributed by atoms with Crippen molar-refractivity contribution in [3.05, 3.63) is 60.2 Å². The molecule has 1 unspecified atom stereocenters. The van der Waals surface area contributed by atoms with Crippen molar-refractivity contribution in [2.45, 2.75) is 13.0 Å². The van der Waals surface area contributed by atoms with Crippen LogP contribution in [-0.2, 0) is 0 Å². The molecule has 0 aliphatic rings. The molecular weight excluding hydrogens is 292 g/mol. The largest absolute Gasteiger partial charge is 0.483 e. The van der Waals surface area contributed by atoms with Crippen molar-refractivity contribution in [1.82, 2.24) is 4.90 Å². The predicted molar refractivity (Wildman–Crippen MR) is 90.0 cm³/mol. The maximum Gasteiger partial charge on any atom is 0.321 e. The Labute approximate surface area is 135 Å². The number of carbonyl (C=O) groups excluding carboxylic acids is 2. The number of benzene rings is 2. The summed E-state index contributed by atoms with van der Waals surface area (Å²) in [6, 6.07) is 15.7. The number of hydrogen-bond acceptors (Lipinski definition) is 3. The van der Waals surface area contributed by atoms with Crippen LogP contribution >= 0.6 is 0 Å². The number of urea groups is 1. The average Bonchev–Trinajstić information content (AvgIpc) is 2.56. The Kier molecular flexibility index (Phi) is 5.36. The van der Waals surface area contributed by atoms with Gasteiger partial charge < -0.3 is 15.0 Å². The van der Waals surface area contributed by atoms with Crippen molar-refractivity contribution in [2.24, 2.45) is 0 Å². The number of nitrogens with zero attached hydrogens (tertiary/aromatic N) is 1. The number of carbonyl (C=O) groups is 2. The molecule has 0 saturated carbocycles. The maximum absolute atomic E-state index is 12.2. The molecule has 2 aromatic rings. The Hall–Kier alpha value is -2.82. The number of hydrogen-bond donors (Lipinski definition) is 1. The summed E-state index contributed by atoms with van der Waals surface area (Å²) in [5, 5.41) is 2.74. The standard InChI is InChI=1S/C18H20N2O3/c1-13(17(21)14-7-5-4-6-8-14)23-16-11-9-15(10-12-16)19-18(22)20(2)3/h4-13H,1-3H3,(H,19,22). The van der Waals surface area contributed by atoms with E-state index in [2.05, 4.69) is 5.32 Å². The third kappa shape index (κ3) is 4.57. The minimum atomic E-state index is -0.584. The van der Waals surface area contributed by atoms with Crippen LogP contribution in [-0.4, -0.2) is 36.9 Å². The number of ether oxygens (including phenoxy) is 1. The van der Waals surface area contributed by atoms with E-state index in [1.165, 1.54) is 4.90 Å². The van der Waals surface area contributed by atoms with Crippen molar-refractivity contribution in [2.75, 3.05) is 19.4 Å². The number of Topliss-reactive ketones (excluding diaryl/α,β-unsaturated/α-hetero) is 1. The SMILES string of the molecule is CC(Oc1ccc(NC(=O)N(C)C)cc1)C(=O)c1ccccc1. The Bertz CT molecular complexity index is 666. The molecule has 120 valence electrons. The van der Waals surface area contributed by atoms with Crippen LogP contribution in [0.25, 0.3) is 0 Å². The topological polar surface area (TPSA) is 58.6 Å². The summed E-state index contributed by atoms with van der Waals surface area (Å²) in [5.74, 6) is 0.500. The van der Waals surface area contributed by atoms with E-state index < -0.39 is 6.10 Å². The monoisotopic (exact) mass is 312 g/mol. The molecule has 0 aliphatic heterocycles. The molecule has 5 heteroatoms. The second kappa shape index (κ2) is 7.45. The fourth-order valence-electron chi connectivity index (χ4n) is 1.95. The fraction of sp³-hybridized carbons (Fsp3) is 0.222. The molecule has 0 fully saturated rings. The van der Waals surface area contributed by atoms with Crippen LogP contribution in [0.5, 0.6) is 5.75 Å². The molecule has 1 atom stereocenters. The highest BCUT2D eigenvalue weighted by Gasteiger charge is 2.16.